The van der Waals surface area contributed by atoms with E-state index in [4.69, 9.17) is 20.8 Å². The number of hydrogen-bond donors (Lipinski definition) is 1. The Kier molecular flexibility index (Phi) is 9.39. The van der Waals surface area contributed by atoms with Crippen molar-refractivity contribution in [3.63, 3.8) is 0 Å². The molecule has 2 atom stereocenters. The highest BCUT2D eigenvalue weighted by atomic mass is 35.5. The minimum atomic E-state index is -2.04. The third-order valence-electron chi connectivity index (χ3n) is 4.73. The van der Waals surface area contributed by atoms with E-state index in [0.717, 1.165) is 4.90 Å². The number of thioether (sulfide) groups is 1. The summed E-state index contributed by atoms with van der Waals surface area (Å²) in [6.45, 7) is 16.5. The van der Waals surface area contributed by atoms with Crippen molar-refractivity contribution in [3.8, 4) is 0 Å². The number of carbonyl (C=O) groups is 1. The van der Waals surface area contributed by atoms with Crippen LogP contribution in [0.2, 0.25) is 18.1 Å². The van der Waals surface area contributed by atoms with Crippen LogP contribution in [0.1, 0.15) is 41.5 Å². The molecule has 0 radical (unpaired) electrons. The maximum Gasteiger partial charge on any atom is 0.407 e. The first-order valence-corrected chi connectivity index (χ1v) is 14.1. The summed E-state index contributed by atoms with van der Waals surface area (Å²) >= 11 is 7.98. The van der Waals surface area contributed by atoms with Crippen molar-refractivity contribution in [2.24, 2.45) is 0 Å². The second kappa shape index (κ2) is 10.4. The topological polar surface area (TPSA) is 47.6 Å². The lowest BCUT2D eigenvalue weighted by atomic mass is 10.2. The van der Waals surface area contributed by atoms with Crippen LogP contribution in [0.3, 0.4) is 0 Å². The second-order valence-electron chi connectivity index (χ2n) is 9.45. The number of halogens is 1. The Bertz CT molecular complexity index is 614. The zero-order valence-electron chi connectivity index (χ0n) is 18.5. The molecule has 7 heteroatoms. The van der Waals surface area contributed by atoms with Crippen molar-refractivity contribution >= 4 is 37.8 Å². The molecule has 0 heterocycles. The Morgan fingerprint density at radius 3 is 2.18 bits per heavy atom. The fraction of sp³-hybridized carbons (Fsp3) is 0.667. The lowest BCUT2D eigenvalue weighted by molar-refractivity contribution is 0.0461. The zero-order valence-corrected chi connectivity index (χ0v) is 21.0. The molecule has 0 aliphatic rings. The summed E-state index contributed by atoms with van der Waals surface area (Å²) in [5, 5.41) is 3.06. The Hall–Kier alpha value is -0.693. The predicted molar refractivity (Wildman–Crippen MR) is 123 cm³/mol. The average molecular weight is 446 g/mol. The van der Waals surface area contributed by atoms with E-state index in [-0.39, 0.29) is 17.2 Å². The Morgan fingerprint density at radius 2 is 1.71 bits per heavy atom. The van der Waals surface area contributed by atoms with E-state index in [1.165, 1.54) is 0 Å². The van der Waals surface area contributed by atoms with E-state index < -0.39 is 20.0 Å². The van der Waals surface area contributed by atoms with E-state index in [9.17, 15) is 4.79 Å². The van der Waals surface area contributed by atoms with Gasteiger partial charge in [-0.1, -0.05) is 39.0 Å². The van der Waals surface area contributed by atoms with E-state index in [1.54, 1.807) is 11.8 Å². The number of carbonyl (C=O) groups excluding carboxylic acids is 1. The molecular weight excluding hydrogens is 410 g/mol. The van der Waals surface area contributed by atoms with E-state index in [2.05, 4.69) is 51.3 Å². The lowest BCUT2D eigenvalue weighted by Crippen LogP contribution is -2.54. The average Bonchev–Trinajstić information content (AvgIpc) is 2.55. The van der Waals surface area contributed by atoms with Gasteiger partial charge in [0.05, 0.1) is 12.1 Å². The quantitative estimate of drug-likeness (QED) is 0.289. The summed E-state index contributed by atoms with van der Waals surface area (Å²) in [7, 11) is -2.04. The van der Waals surface area contributed by atoms with Crippen LogP contribution in [0.15, 0.2) is 35.2 Å². The Balaban J connectivity index is 2.96. The van der Waals surface area contributed by atoms with Gasteiger partial charge in [0.25, 0.3) is 0 Å². The van der Waals surface area contributed by atoms with E-state index >= 15 is 0 Å². The molecule has 1 rings (SSSR count). The second-order valence-corrected chi connectivity index (χ2v) is 15.6. The minimum Gasteiger partial charge on any atom is -0.444 e. The van der Waals surface area contributed by atoms with E-state index in [0.29, 0.717) is 11.6 Å². The summed E-state index contributed by atoms with van der Waals surface area (Å²) in [6.07, 6.45) is -0.730. The van der Waals surface area contributed by atoms with Gasteiger partial charge in [-0.2, -0.15) is 0 Å². The van der Waals surface area contributed by atoms with Crippen LogP contribution >= 0.6 is 23.4 Å². The third-order valence-corrected chi connectivity index (χ3v) is 10.7. The number of alkyl halides is 1. The normalized spacial score (nSPS) is 15.0. The molecule has 0 aliphatic carbocycles. The molecule has 0 saturated heterocycles. The molecule has 0 spiro atoms. The van der Waals surface area contributed by atoms with Crippen LogP contribution in [0.25, 0.3) is 0 Å². The molecule has 0 aliphatic heterocycles. The number of benzene rings is 1. The van der Waals surface area contributed by atoms with Gasteiger partial charge in [-0.25, -0.2) is 4.79 Å². The molecule has 0 saturated carbocycles. The first kappa shape index (κ1) is 25.3. The van der Waals surface area contributed by atoms with Crippen molar-refractivity contribution in [2.75, 3.05) is 11.6 Å². The van der Waals surface area contributed by atoms with Gasteiger partial charge in [-0.15, -0.1) is 23.4 Å². The van der Waals surface area contributed by atoms with Gasteiger partial charge >= 0.3 is 6.09 Å². The number of nitrogens with one attached hydrogen (secondary N) is 1. The van der Waals surface area contributed by atoms with Gasteiger partial charge in [0.15, 0.2) is 8.32 Å². The van der Waals surface area contributed by atoms with Gasteiger partial charge in [0, 0.05) is 16.5 Å². The molecule has 1 N–H and O–H groups in total. The maximum absolute atomic E-state index is 12.4. The van der Waals surface area contributed by atoms with Crippen LogP contribution < -0.4 is 5.32 Å². The highest BCUT2D eigenvalue weighted by Crippen LogP contribution is 2.38. The zero-order chi connectivity index (χ0) is 21.6. The highest BCUT2D eigenvalue weighted by molar-refractivity contribution is 7.99. The summed E-state index contributed by atoms with van der Waals surface area (Å²) < 4.78 is 12.0. The van der Waals surface area contributed by atoms with E-state index in [1.807, 2.05) is 39.0 Å². The summed E-state index contributed by atoms with van der Waals surface area (Å²) in [4.78, 5) is 13.6. The monoisotopic (exact) mass is 445 g/mol. The molecule has 0 fully saturated rings. The smallest absolute Gasteiger partial charge is 0.407 e. The number of ether oxygens (including phenoxy) is 1. The first-order chi connectivity index (χ1) is 12.7. The van der Waals surface area contributed by atoms with Gasteiger partial charge in [-0.3, -0.25) is 0 Å². The van der Waals surface area contributed by atoms with Crippen LogP contribution in [0, 0.1) is 0 Å². The Morgan fingerprint density at radius 1 is 1.14 bits per heavy atom. The fourth-order valence-electron chi connectivity index (χ4n) is 2.18. The summed E-state index contributed by atoms with van der Waals surface area (Å²) in [6, 6.07) is 9.85. The Labute approximate surface area is 181 Å². The van der Waals surface area contributed by atoms with Gasteiger partial charge in [-0.05, 0) is 51.0 Å². The van der Waals surface area contributed by atoms with Crippen molar-refractivity contribution in [2.45, 2.75) is 82.3 Å². The first-order valence-electron chi connectivity index (χ1n) is 9.66. The van der Waals surface area contributed by atoms with Crippen LogP contribution in [0.5, 0.6) is 0 Å². The minimum absolute atomic E-state index is 0.0559. The number of alkyl carbamates (subject to hydrolysis) is 1. The van der Waals surface area contributed by atoms with Crippen molar-refractivity contribution < 1.29 is 14.0 Å². The third kappa shape index (κ3) is 8.76. The molecule has 1 amide bonds. The van der Waals surface area contributed by atoms with Crippen molar-refractivity contribution in [1.82, 2.24) is 5.32 Å². The van der Waals surface area contributed by atoms with Crippen molar-refractivity contribution in [1.29, 1.82) is 0 Å². The maximum atomic E-state index is 12.4. The molecule has 0 aromatic heterocycles. The van der Waals surface area contributed by atoms with Gasteiger partial charge in [0.2, 0.25) is 0 Å². The summed E-state index contributed by atoms with van der Waals surface area (Å²) in [5.41, 5.74) is -0.558. The summed E-state index contributed by atoms with van der Waals surface area (Å²) in [5.74, 6) is 0.956. The highest BCUT2D eigenvalue weighted by Gasteiger charge is 2.41. The molecule has 28 heavy (non-hydrogen) atoms. The molecule has 0 unspecified atom stereocenters. The van der Waals surface area contributed by atoms with Crippen molar-refractivity contribution in [3.05, 3.63) is 30.3 Å². The molecule has 1 aromatic carbocycles. The molecular formula is C21H36ClNO3SSi. The fourth-order valence-corrected chi connectivity index (χ4v) is 4.94. The predicted octanol–water partition coefficient (Wildman–Crippen LogP) is 6.30. The van der Waals surface area contributed by atoms with Crippen LogP contribution in [0.4, 0.5) is 4.79 Å². The van der Waals surface area contributed by atoms with Gasteiger partial charge in [0.1, 0.15) is 5.60 Å². The SMILES string of the molecule is CC(C)(C)OC(=O)N[C@@H](CSc1ccccc1)[C@@H](CCl)O[Si](C)(C)C(C)(C)C. The molecule has 4 nitrogen and oxygen atoms in total. The standard InChI is InChI=1S/C21H36ClNO3SSi/c1-20(2,3)25-19(24)23-17(15-27-16-12-10-9-11-13-16)18(14-22)26-28(7,8)21(4,5)6/h9-13,17-18H,14-15H2,1-8H3,(H,23,24)/t17-,18+/m0/s1. The van der Waals surface area contributed by atoms with Crippen LogP contribution in [-0.2, 0) is 9.16 Å². The lowest BCUT2D eigenvalue weighted by Gasteiger charge is -2.41. The molecule has 1 aromatic rings. The largest absolute Gasteiger partial charge is 0.444 e. The molecule has 0 bridgehead atoms. The number of amides is 1. The molecule has 160 valence electrons. The van der Waals surface area contributed by atoms with Gasteiger partial charge < -0.3 is 14.5 Å². The number of hydrogen-bond acceptors (Lipinski definition) is 4. The van der Waals surface area contributed by atoms with Crippen LogP contribution in [-0.4, -0.2) is 43.8 Å². The number of rotatable bonds is 8.